The van der Waals surface area contributed by atoms with Crippen molar-refractivity contribution in [1.29, 1.82) is 0 Å². The van der Waals surface area contributed by atoms with E-state index < -0.39 is 0 Å². The Hall–Kier alpha value is -0.610. The molecule has 1 aliphatic heterocycles. The van der Waals surface area contributed by atoms with Crippen molar-refractivity contribution >= 4 is 5.91 Å². The Morgan fingerprint density at radius 1 is 1.09 bits per heavy atom. The fourth-order valence-corrected chi connectivity index (χ4v) is 5.33. The minimum Gasteiger partial charge on any atom is -0.349 e. The van der Waals surface area contributed by atoms with Gasteiger partial charge in [0.15, 0.2) is 0 Å². The zero-order chi connectivity index (χ0) is 16.5. The topological polar surface area (TPSA) is 44.4 Å². The molecule has 1 heterocycles. The highest BCUT2D eigenvalue weighted by Gasteiger charge is 2.60. The summed E-state index contributed by atoms with van der Waals surface area (Å²) in [6.07, 6.45) is 7.96. The molecule has 0 spiro atoms. The minimum atomic E-state index is -0.0262. The molecule has 2 aliphatic carbocycles. The zero-order valence-corrected chi connectivity index (χ0v) is 15.3. The van der Waals surface area contributed by atoms with Crippen LogP contribution < -0.4 is 10.6 Å². The average molecular weight is 322 g/mol. The summed E-state index contributed by atoms with van der Waals surface area (Å²) in [6, 6.07) is 0. The van der Waals surface area contributed by atoms with Gasteiger partial charge in [-0.1, -0.05) is 20.3 Å². The van der Waals surface area contributed by atoms with Gasteiger partial charge in [0.25, 0.3) is 0 Å². The van der Waals surface area contributed by atoms with E-state index in [4.69, 9.17) is 0 Å². The normalized spacial score (nSPS) is 36.3. The molecule has 4 heteroatoms. The van der Waals surface area contributed by atoms with Crippen LogP contribution in [0.2, 0.25) is 0 Å². The average Bonchev–Trinajstić information content (AvgIpc) is 3.08. The number of rotatable bonds is 6. The van der Waals surface area contributed by atoms with E-state index in [-0.39, 0.29) is 16.9 Å². The molecular weight excluding hydrogens is 286 g/mol. The van der Waals surface area contributed by atoms with E-state index in [0.717, 1.165) is 19.0 Å². The number of amides is 1. The van der Waals surface area contributed by atoms with E-state index in [1.807, 2.05) is 0 Å². The Morgan fingerprint density at radius 3 is 2.43 bits per heavy atom. The predicted molar refractivity (Wildman–Crippen MR) is 94.3 cm³/mol. The summed E-state index contributed by atoms with van der Waals surface area (Å²) in [5, 5.41) is 6.74. The lowest BCUT2D eigenvalue weighted by molar-refractivity contribution is -0.124. The second-order valence-corrected chi connectivity index (χ2v) is 8.76. The lowest BCUT2D eigenvalue weighted by atomic mass is 9.64. The van der Waals surface area contributed by atoms with Crippen molar-refractivity contribution in [2.24, 2.45) is 17.3 Å². The van der Waals surface area contributed by atoms with Crippen LogP contribution in [0.5, 0.6) is 0 Å². The summed E-state index contributed by atoms with van der Waals surface area (Å²) < 4.78 is 0. The maximum absolute atomic E-state index is 12.4. The van der Waals surface area contributed by atoms with Crippen molar-refractivity contribution in [3.05, 3.63) is 0 Å². The lowest BCUT2D eigenvalue weighted by Crippen LogP contribution is -2.60. The smallest absolute Gasteiger partial charge is 0.234 e. The van der Waals surface area contributed by atoms with E-state index in [0.29, 0.717) is 12.5 Å². The molecule has 0 aromatic rings. The van der Waals surface area contributed by atoms with E-state index in [9.17, 15) is 4.79 Å². The highest BCUT2D eigenvalue weighted by molar-refractivity contribution is 5.79. The van der Waals surface area contributed by atoms with Crippen molar-refractivity contribution in [2.75, 3.05) is 32.7 Å². The number of fused-ring (bicyclic) bond motifs is 2. The van der Waals surface area contributed by atoms with Crippen LogP contribution in [0.15, 0.2) is 0 Å². The number of nitrogens with zero attached hydrogens (tertiary/aromatic N) is 1. The zero-order valence-electron chi connectivity index (χ0n) is 15.3. The molecule has 2 N–H and O–H groups in total. The van der Waals surface area contributed by atoms with Crippen molar-refractivity contribution in [2.45, 2.75) is 64.8 Å². The molecule has 1 amide bonds. The minimum absolute atomic E-state index is 0.0262. The van der Waals surface area contributed by atoms with Crippen LogP contribution in [0.25, 0.3) is 0 Å². The van der Waals surface area contributed by atoms with Gasteiger partial charge in [-0.2, -0.15) is 0 Å². The van der Waals surface area contributed by atoms with Crippen LogP contribution >= 0.6 is 0 Å². The number of nitrogens with one attached hydrogen (secondary N) is 2. The van der Waals surface area contributed by atoms with Crippen molar-refractivity contribution in [3.63, 3.8) is 0 Å². The predicted octanol–water partition coefficient (Wildman–Crippen LogP) is 2.39. The molecule has 3 aliphatic rings. The van der Waals surface area contributed by atoms with Gasteiger partial charge in [0.2, 0.25) is 5.91 Å². The van der Waals surface area contributed by atoms with Crippen LogP contribution in [-0.4, -0.2) is 49.1 Å². The molecule has 3 fully saturated rings. The first-order valence-electron chi connectivity index (χ1n) is 9.67. The van der Waals surface area contributed by atoms with E-state index in [1.165, 1.54) is 51.6 Å². The summed E-state index contributed by atoms with van der Waals surface area (Å²) >= 11 is 0. The Kier molecular flexibility index (Phi) is 5.03. The van der Waals surface area contributed by atoms with E-state index in [1.54, 1.807) is 0 Å². The van der Waals surface area contributed by atoms with Crippen LogP contribution in [0.4, 0.5) is 0 Å². The molecule has 0 aromatic heterocycles. The summed E-state index contributed by atoms with van der Waals surface area (Å²) in [4.78, 5) is 14.9. The van der Waals surface area contributed by atoms with Crippen LogP contribution in [0, 0.1) is 17.3 Å². The second-order valence-electron chi connectivity index (χ2n) is 8.76. The molecule has 3 rings (SSSR count). The molecule has 2 saturated carbocycles. The maximum atomic E-state index is 12.4. The van der Waals surface area contributed by atoms with Gasteiger partial charge < -0.3 is 15.5 Å². The van der Waals surface area contributed by atoms with Gasteiger partial charge >= 0.3 is 0 Å². The lowest BCUT2D eigenvalue weighted by Gasteiger charge is -2.48. The van der Waals surface area contributed by atoms with Gasteiger partial charge in [0.1, 0.15) is 0 Å². The largest absolute Gasteiger partial charge is 0.349 e. The molecule has 0 unspecified atom stereocenters. The first kappa shape index (κ1) is 17.2. The molecule has 0 aromatic carbocycles. The second kappa shape index (κ2) is 6.72. The highest BCUT2D eigenvalue weighted by atomic mass is 16.2. The number of carbonyl (C=O) groups excluding carboxylic acids is 1. The monoisotopic (exact) mass is 321 g/mol. The van der Waals surface area contributed by atoms with Crippen molar-refractivity contribution < 1.29 is 4.79 Å². The fourth-order valence-electron chi connectivity index (χ4n) is 5.33. The molecule has 132 valence electrons. The van der Waals surface area contributed by atoms with Crippen LogP contribution in [0.1, 0.15) is 59.3 Å². The van der Waals surface area contributed by atoms with Crippen molar-refractivity contribution in [1.82, 2.24) is 15.5 Å². The molecule has 23 heavy (non-hydrogen) atoms. The van der Waals surface area contributed by atoms with Crippen LogP contribution in [0.3, 0.4) is 0 Å². The summed E-state index contributed by atoms with van der Waals surface area (Å²) in [5.74, 6) is 1.62. The maximum Gasteiger partial charge on any atom is 0.234 e. The van der Waals surface area contributed by atoms with E-state index >= 15 is 0 Å². The van der Waals surface area contributed by atoms with Gasteiger partial charge in [0.05, 0.1) is 6.54 Å². The number of piperidine rings is 1. The van der Waals surface area contributed by atoms with Gasteiger partial charge in [-0.3, -0.25) is 4.79 Å². The first-order valence-corrected chi connectivity index (χ1v) is 9.67. The Bertz CT molecular complexity index is 430. The molecular formula is C19H35N3O. The number of hydrogen-bond acceptors (Lipinski definition) is 3. The van der Waals surface area contributed by atoms with Gasteiger partial charge in [0, 0.05) is 18.6 Å². The summed E-state index contributed by atoms with van der Waals surface area (Å²) in [5.41, 5.74) is 0.195. The quantitative estimate of drug-likeness (QED) is 0.738. The highest BCUT2D eigenvalue weighted by Crippen LogP contribution is 2.61. The number of hydrogen-bond donors (Lipinski definition) is 2. The first-order chi connectivity index (χ1) is 10.9. The SMILES string of the molecule is CC1(C)[C@H]2CC[C@@H](C2)[C@]1(C)NC(=O)CNCCN1CCCCC1. The Balaban J connectivity index is 1.41. The van der Waals surface area contributed by atoms with E-state index in [2.05, 4.69) is 36.3 Å². The van der Waals surface area contributed by atoms with Crippen LogP contribution in [-0.2, 0) is 4.79 Å². The third-order valence-electron chi connectivity index (χ3n) is 7.35. The summed E-state index contributed by atoms with van der Waals surface area (Å²) in [7, 11) is 0. The Labute approximate surface area is 141 Å². The molecule has 2 bridgehead atoms. The van der Waals surface area contributed by atoms with Gasteiger partial charge in [-0.05, 0) is 69.4 Å². The molecule has 3 atom stereocenters. The third kappa shape index (κ3) is 3.30. The fraction of sp³-hybridized carbons (Fsp3) is 0.947. The van der Waals surface area contributed by atoms with Gasteiger partial charge in [-0.15, -0.1) is 0 Å². The number of carbonyl (C=O) groups is 1. The molecule has 0 radical (unpaired) electrons. The van der Waals surface area contributed by atoms with Crippen molar-refractivity contribution in [3.8, 4) is 0 Å². The van der Waals surface area contributed by atoms with Gasteiger partial charge in [-0.25, -0.2) is 0 Å². The Morgan fingerprint density at radius 2 is 1.78 bits per heavy atom. The number of likely N-dealkylation sites (tertiary alicyclic amines) is 1. The standard InChI is InChI=1S/C19H35N3O/c1-18(2)15-7-8-16(13-15)19(18,3)21-17(23)14-20-9-12-22-10-5-4-6-11-22/h15-16,20H,4-14H2,1-3H3,(H,21,23)/t15-,16-,19-/m0/s1. The molecule has 4 nitrogen and oxygen atoms in total. The third-order valence-corrected chi connectivity index (χ3v) is 7.35. The summed E-state index contributed by atoms with van der Waals surface area (Å²) in [6.45, 7) is 11.9. The molecule has 1 saturated heterocycles.